The van der Waals surface area contributed by atoms with Gasteiger partial charge in [-0.25, -0.2) is 13.1 Å². The summed E-state index contributed by atoms with van der Waals surface area (Å²) in [6.07, 6.45) is 7.36. The number of nitrogens with one attached hydrogen (secondary N) is 2. The molecule has 8 nitrogen and oxygen atoms in total. The minimum atomic E-state index is -3.23. The molecule has 2 aliphatic carbocycles. The van der Waals surface area contributed by atoms with Crippen LogP contribution in [0.3, 0.4) is 0 Å². The second-order valence-corrected chi connectivity index (χ2v) is 9.46. The van der Waals surface area contributed by atoms with E-state index in [9.17, 15) is 18.0 Å². The molecule has 26 heavy (non-hydrogen) atoms. The van der Waals surface area contributed by atoms with Gasteiger partial charge in [-0.3, -0.25) is 9.59 Å². The number of rotatable bonds is 8. The summed E-state index contributed by atoms with van der Waals surface area (Å²) in [4.78, 5) is 26.5. The first kappa shape index (κ1) is 21.1. The minimum absolute atomic E-state index is 0.0226. The van der Waals surface area contributed by atoms with Gasteiger partial charge in [-0.15, -0.1) is 0 Å². The molecule has 2 fully saturated rings. The lowest BCUT2D eigenvalue weighted by Crippen LogP contribution is -2.52. The normalized spacial score (nSPS) is 25.2. The molecule has 0 radical (unpaired) electrons. The van der Waals surface area contributed by atoms with Crippen LogP contribution < -0.4 is 15.8 Å². The monoisotopic (exact) mass is 388 g/mol. The summed E-state index contributed by atoms with van der Waals surface area (Å²) in [6, 6.07) is -0.139. The summed E-state index contributed by atoms with van der Waals surface area (Å²) in [5.41, 5.74) is 6.21. The van der Waals surface area contributed by atoms with E-state index in [1.54, 1.807) is 0 Å². The van der Waals surface area contributed by atoms with Gasteiger partial charge in [0.15, 0.2) is 0 Å². The lowest BCUT2D eigenvalue weighted by Gasteiger charge is -2.38. The van der Waals surface area contributed by atoms with Crippen LogP contribution in [0.4, 0.5) is 0 Å². The van der Waals surface area contributed by atoms with Crippen LogP contribution in [0.25, 0.3) is 0 Å². The minimum Gasteiger partial charge on any atom is -0.355 e. The molecule has 0 aromatic rings. The Balaban J connectivity index is 1.70. The Morgan fingerprint density at radius 3 is 2.23 bits per heavy atom. The van der Waals surface area contributed by atoms with Crippen LogP contribution in [0.1, 0.15) is 44.9 Å². The molecule has 1 atom stereocenters. The van der Waals surface area contributed by atoms with E-state index < -0.39 is 16.1 Å². The molecule has 2 saturated carbocycles. The van der Waals surface area contributed by atoms with Gasteiger partial charge >= 0.3 is 0 Å². The molecule has 0 saturated heterocycles. The molecule has 0 aromatic heterocycles. The fourth-order valence-electron chi connectivity index (χ4n) is 3.70. The zero-order chi connectivity index (χ0) is 19.3. The van der Waals surface area contributed by atoms with Crippen LogP contribution in [0.2, 0.25) is 0 Å². The predicted molar refractivity (Wildman–Crippen MR) is 99.7 cm³/mol. The lowest BCUT2D eigenvalue weighted by atomic mass is 9.77. The van der Waals surface area contributed by atoms with Crippen molar-refractivity contribution in [3.05, 3.63) is 0 Å². The third-order valence-corrected chi connectivity index (χ3v) is 6.42. The second-order valence-electron chi connectivity index (χ2n) is 7.63. The van der Waals surface area contributed by atoms with Gasteiger partial charge in [0.25, 0.3) is 0 Å². The van der Waals surface area contributed by atoms with E-state index in [1.165, 1.54) is 6.42 Å². The van der Waals surface area contributed by atoms with Gasteiger partial charge in [0.1, 0.15) is 0 Å². The fourth-order valence-corrected chi connectivity index (χ4v) is 4.17. The van der Waals surface area contributed by atoms with E-state index in [2.05, 4.69) is 10.0 Å². The van der Waals surface area contributed by atoms with Crippen LogP contribution in [-0.4, -0.2) is 63.6 Å². The fraction of sp³-hybridized carbons (Fsp3) is 0.882. The maximum atomic E-state index is 12.5. The number of amides is 2. The van der Waals surface area contributed by atoms with Crippen molar-refractivity contribution in [3.63, 3.8) is 0 Å². The zero-order valence-corrected chi connectivity index (χ0v) is 16.6. The van der Waals surface area contributed by atoms with Gasteiger partial charge in [0, 0.05) is 32.1 Å². The van der Waals surface area contributed by atoms with E-state index >= 15 is 0 Å². The molecule has 150 valence electrons. The number of sulfonamides is 1. The van der Waals surface area contributed by atoms with Crippen LogP contribution in [0.15, 0.2) is 0 Å². The average molecular weight is 389 g/mol. The Morgan fingerprint density at radius 2 is 1.73 bits per heavy atom. The number of likely N-dealkylation sites (N-methyl/N-ethyl adjacent to an activating group) is 1. The van der Waals surface area contributed by atoms with Crippen molar-refractivity contribution >= 4 is 21.8 Å². The highest BCUT2D eigenvalue weighted by atomic mass is 32.2. The summed E-state index contributed by atoms with van der Waals surface area (Å²) in [5.74, 6) is 0.0109. The van der Waals surface area contributed by atoms with Gasteiger partial charge < -0.3 is 16.0 Å². The van der Waals surface area contributed by atoms with Crippen molar-refractivity contribution in [1.82, 2.24) is 14.9 Å². The lowest BCUT2D eigenvalue weighted by molar-refractivity contribution is -0.136. The first-order valence-electron chi connectivity index (χ1n) is 9.43. The van der Waals surface area contributed by atoms with Crippen molar-refractivity contribution < 1.29 is 18.0 Å². The van der Waals surface area contributed by atoms with Crippen LogP contribution in [0, 0.1) is 11.8 Å². The molecule has 0 heterocycles. The number of hydrogen-bond acceptors (Lipinski definition) is 5. The summed E-state index contributed by atoms with van der Waals surface area (Å²) in [6.45, 7) is 0.461. The summed E-state index contributed by atoms with van der Waals surface area (Å²) < 4.78 is 24.3. The van der Waals surface area contributed by atoms with Crippen molar-refractivity contribution in [2.75, 3.05) is 26.4 Å². The number of carbonyl (C=O) groups is 2. The van der Waals surface area contributed by atoms with Crippen molar-refractivity contribution in [3.8, 4) is 0 Å². The Kier molecular flexibility index (Phi) is 7.42. The molecule has 0 bridgehead atoms. The third-order valence-electron chi connectivity index (χ3n) is 5.69. The smallest absolute Gasteiger partial charge is 0.239 e. The number of nitrogens with two attached hydrogens (primary N) is 1. The van der Waals surface area contributed by atoms with E-state index in [4.69, 9.17) is 5.73 Å². The number of hydrogen-bond donors (Lipinski definition) is 3. The van der Waals surface area contributed by atoms with E-state index in [0.717, 1.165) is 31.9 Å². The first-order valence-corrected chi connectivity index (χ1v) is 11.3. The van der Waals surface area contributed by atoms with E-state index in [0.29, 0.717) is 18.9 Å². The highest BCUT2D eigenvalue weighted by Crippen LogP contribution is 2.32. The van der Waals surface area contributed by atoms with Gasteiger partial charge in [-0.2, -0.15) is 0 Å². The van der Waals surface area contributed by atoms with Crippen LogP contribution in [-0.2, 0) is 19.6 Å². The van der Waals surface area contributed by atoms with Crippen LogP contribution in [0.5, 0.6) is 0 Å². The quantitative estimate of drug-likeness (QED) is 0.497. The van der Waals surface area contributed by atoms with Gasteiger partial charge in [0.05, 0.1) is 12.3 Å². The van der Waals surface area contributed by atoms with Gasteiger partial charge in [0.2, 0.25) is 21.8 Å². The molecule has 9 heteroatoms. The molecule has 0 spiro atoms. The molecule has 0 aromatic carbocycles. The Labute approximate surface area is 156 Å². The molecular formula is C17H32N4O4S. The maximum Gasteiger partial charge on any atom is 0.239 e. The Morgan fingerprint density at radius 1 is 1.12 bits per heavy atom. The average Bonchev–Trinajstić information content (AvgIpc) is 2.55. The largest absolute Gasteiger partial charge is 0.355 e. The third kappa shape index (κ3) is 5.92. The molecule has 2 amide bonds. The van der Waals surface area contributed by atoms with Crippen molar-refractivity contribution in [2.24, 2.45) is 17.6 Å². The van der Waals surface area contributed by atoms with Gasteiger partial charge in [-0.1, -0.05) is 0 Å². The summed E-state index contributed by atoms with van der Waals surface area (Å²) >= 11 is 0. The predicted octanol–water partition coefficient (Wildman–Crippen LogP) is -0.204. The highest BCUT2D eigenvalue weighted by molar-refractivity contribution is 7.88. The first-order chi connectivity index (χ1) is 12.2. The number of carbonyl (C=O) groups excluding carboxylic acids is 2. The van der Waals surface area contributed by atoms with E-state index in [-0.39, 0.29) is 36.7 Å². The molecule has 2 aliphatic rings. The standard InChI is InChI=1S/C17H32N4O4S/c1-21(14-4-3-5-14)17(23)15(18)12-6-8-13(9-7-12)16(22)19-10-11-20-26(2,24)25/h12-15,20H,3-11,18H2,1-2H3,(H,19,22)/t12?,13?,15-/m0/s1. The Hall–Kier alpha value is -1.19. The van der Waals surface area contributed by atoms with E-state index in [1.807, 2.05) is 11.9 Å². The number of nitrogens with zero attached hydrogens (tertiary/aromatic N) is 1. The molecular weight excluding hydrogens is 356 g/mol. The second kappa shape index (κ2) is 9.14. The van der Waals surface area contributed by atoms with Crippen molar-refractivity contribution in [1.29, 1.82) is 0 Å². The summed E-state index contributed by atoms with van der Waals surface area (Å²) in [5, 5.41) is 2.77. The maximum absolute atomic E-state index is 12.5. The highest BCUT2D eigenvalue weighted by Gasteiger charge is 2.35. The van der Waals surface area contributed by atoms with Crippen LogP contribution >= 0.6 is 0 Å². The molecule has 0 unspecified atom stereocenters. The topological polar surface area (TPSA) is 122 Å². The molecule has 0 aliphatic heterocycles. The van der Waals surface area contributed by atoms with Gasteiger partial charge in [-0.05, 0) is 50.9 Å². The SMILES string of the molecule is CN(C(=O)[C@@H](N)C1CCC(C(=O)NCCNS(C)(=O)=O)CC1)C1CCC1. The zero-order valence-electron chi connectivity index (χ0n) is 15.7. The molecule has 2 rings (SSSR count). The Bertz CT molecular complexity index is 598. The van der Waals surface area contributed by atoms with Crippen molar-refractivity contribution in [2.45, 2.75) is 57.0 Å². The summed E-state index contributed by atoms with van der Waals surface area (Å²) in [7, 11) is -1.39. The molecule has 4 N–H and O–H groups in total.